The second-order valence-electron chi connectivity index (χ2n) is 6.47. The molecule has 8 heteroatoms. The lowest BCUT2D eigenvalue weighted by molar-refractivity contribution is 0.312. The van der Waals surface area contributed by atoms with Gasteiger partial charge in [-0.05, 0) is 43.4 Å². The summed E-state index contributed by atoms with van der Waals surface area (Å²) in [6, 6.07) is 8.58. The van der Waals surface area contributed by atoms with Gasteiger partial charge in [0.25, 0.3) is 0 Å². The van der Waals surface area contributed by atoms with Crippen molar-refractivity contribution < 1.29 is 12.8 Å². The summed E-state index contributed by atoms with van der Waals surface area (Å²) in [7, 11) is -1.71. The second kappa shape index (κ2) is 6.37. The van der Waals surface area contributed by atoms with E-state index in [1.54, 1.807) is 0 Å². The average molecular weight is 374 g/mol. The van der Waals surface area contributed by atoms with Crippen LogP contribution in [0.25, 0.3) is 11.0 Å². The van der Waals surface area contributed by atoms with Gasteiger partial charge in [0.1, 0.15) is 22.0 Å². The second-order valence-corrected chi connectivity index (χ2v) is 8.38. The highest BCUT2D eigenvalue weighted by Gasteiger charge is 2.24. The number of sulfone groups is 1. The summed E-state index contributed by atoms with van der Waals surface area (Å²) in [5, 5.41) is 0. The van der Waals surface area contributed by atoms with Crippen molar-refractivity contribution in [2.24, 2.45) is 0 Å². The normalized spacial score (nSPS) is 16.3. The van der Waals surface area contributed by atoms with Crippen LogP contribution in [0.2, 0.25) is 0 Å². The molecule has 2 aromatic heterocycles. The Morgan fingerprint density at radius 1 is 1.04 bits per heavy atom. The topological polar surface area (TPSA) is 69.3 Å². The molecule has 0 spiro atoms. The number of anilines is 1. The molecule has 0 aliphatic carbocycles. The Morgan fingerprint density at radius 3 is 2.42 bits per heavy atom. The van der Waals surface area contributed by atoms with Gasteiger partial charge in [-0.1, -0.05) is 0 Å². The molecular formula is C18H19FN4O2S. The number of nitrogens with zero attached hydrogens (tertiary/aromatic N) is 3. The summed E-state index contributed by atoms with van der Waals surface area (Å²) >= 11 is 0. The van der Waals surface area contributed by atoms with E-state index < -0.39 is 15.7 Å². The molecule has 136 valence electrons. The molecule has 1 fully saturated rings. The summed E-state index contributed by atoms with van der Waals surface area (Å²) in [5.41, 5.74) is 1.06. The van der Waals surface area contributed by atoms with E-state index in [-0.39, 0.29) is 9.79 Å². The quantitative estimate of drug-likeness (QED) is 0.713. The Kier molecular flexibility index (Phi) is 4.16. The van der Waals surface area contributed by atoms with Crippen LogP contribution in [0.5, 0.6) is 0 Å². The number of benzene rings is 1. The highest BCUT2D eigenvalue weighted by molar-refractivity contribution is 7.91. The molecule has 0 saturated carbocycles. The molecule has 0 radical (unpaired) electrons. The fourth-order valence-corrected chi connectivity index (χ4v) is 4.49. The number of nitrogens with one attached hydrogen (secondary N) is 1. The van der Waals surface area contributed by atoms with Crippen molar-refractivity contribution >= 4 is 26.7 Å². The van der Waals surface area contributed by atoms with E-state index in [0.29, 0.717) is 11.0 Å². The number of likely N-dealkylation sites (N-methyl/N-ethyl adjacent to an activating group) is 1. The van der Waals surface area contributed by atoms with Gasteiger partial charge in [0.05, 0.1) is 10.4 Å². The Labute approximate surface area is 151 Å². The number of pyridine rings is 1. The van der Waals surface area contributed by atoms with E-state index >= 15 is 0 Å². The first-order chi connectivity index (χ1) is 12.4. The standard InChI is InChI=1S/C18H19FN4O2S/c1-22-8-10-23(11-9-22)17-7-6-15-18(21-17)16(12-20-15)26(24,25)14-4-2-13(19)3-5-14/h2-7,12,20H,8-11H2,1H3. The molecule has 0 bridgehead atoms. The van der Waals surface area contributed by atoms with Crippen LogP contribution in [0.15, 0.2) is 52.4 Å². The Hall–Kier alpha value is -2.45. The number of aromatic amines is 1. The minimum atomic E-state index is -3.78. The number of rotatable bonds is 3. The van der Waals surface area contributed by atoms with E-state index in [9.17, 15) is 12.8 Å². The fraction of sp³-hybridized carbons (Fsp3) is 0.278. The molecule has 3 aromatic rings. The Balaban J connectivity index is 1.76. The lowest BCUT2D eigenvalue weighted by Crippen LogP contribution is -2.44. The van der Waals surface area contributed by atoms with Gasteiger partial charge in [0.15, 0.2) is 0 Å². The van der Waals surface area contributed by atoms with Crippen molar-refractivity contribution in [1.29, 1.82) is 0 Å². The van der Waals surface area contributed by atoms with Crippen molar-refractivity contribution in [3.63, 3.8) is 0 Å². The van der Waals surface area contributed by atoms with Gasteiger partial charge in [0, 0.05) is 32.4 Å². The fourth-order valence-electron chi connectivity index (χ4n) is 3.12. The first-order valence-corrected chi connectivity index (χ1v) is 9.86. The molecular weight excluding hydrogens is 355 g/mol. The van der Waals surface area contributed by atoms with Gasteiger partial charge in [-0.3, -0.25) is 0 Å². The smallest absolute Gasteiger partial charge is 0.210 e. The third-order valence-corrected chi connectivity index (χ3v) is 6.50. The monoisotopic (exact) mass is 374 g/mol. The van der Waals surface area contributed by atoms with Crippen molar-refractivity contribution in [3.8, 4) is 0 Å². The molecule has 1 aromatic carbocycles. The SMILES string of the molecule is CN1CCN(c2ccc3[nH]cc(S(=O)(=O)c4ccc(F)cc4)c3n2)CC1. The van der Waals surface area contributed by atoms with E-state index in [1.165, 1.54) is 18.3 Å². The number of H-pyrrole nitrogens is 1. The molecule has 1 N–H and O–H groups in total. The molecule has 3 heterocycles. The lowest BCUT2D eigenvalue weighted by atomic mass is 10.3. The molecule has 0 unspecified atom stereocenters. The molecule has 6 nitrogen and oxygen atoms in total. The number of halogens is 1. The zero-order valence-electron chi connectivity index (χ0n) is 14.3. The molecule has 0 atom stereocenters. The van der Waals surface area contributed by atoms with Gasteiger partial charge >= 0.3 is 0 Å². The minimum absolute atomic E-state index is 0.0478. The van der Waals surface area contributed by atoms with Crippen molar-refractivity contribution in [2.45, 2.75) is 9.79 Å². The van der Waals surface area contributed by atoms with Crippen LogP contribution in [0.1, 0.15) is 0 Å². The first kappa shape index (κ1) is 17.0. The van der Waals surface area contributed by atoms with Crippen LogP contribution in [-0.4, -0.2) is 56.5 Å². The number of fused-ring (bicyclic) bond motifs is 1. The number of hydrogen-bond acceptors (Lipinski definition) is 5. The zero-order valence-corrected chi connectivity index (χ0v) is 15.1. The largest absolute Gasteiger partial charge is 0.359 e. The third kappa shape index (κ3) is 2.95. The summed E-state index contributed by atoms with van der Waals surface area (Å²) in [5.74, 6) is 0.291. The maximum atomic E-state index is 13.1. The van der Waals surface area contributed by atoms with Gasteiger partial charge in [0.2, 0.25) is 9.84 Å². The molecule has 0 amide bonds. The van der Waals surface area contributed by atoms with Crippen LogP contribution < -0.4 is 4.90 Å². The highest BCUT2D eigenvalue weighted by atomic mass is 32.2. The predicted molar refractivity (Wildman–Crippen MR) is 97.7 cm³/mol. The van der Waals surface area contributed by atoms with Crippen LogP contribution in [-0.2, 0) is 9.84 Å². The lowest BCUT2D eigenvalue weighted by Gasteiger charge is -2.33. The number of aromatic nitrogens is 2. The highest BCUT2D eigenvalue weighted by Crippen LogP contribution is 2.29. The molecule has 1 aliphatic heterocycles. The van der Waals surface area contributed by atoms with Crippen molar-refractivity contribution in [1.82, 2.24) is 14.9 Å². The van der Waals surface area contributed by atoms with Gasteiger partial charge in [-0.15, -0.1) is 0 Å². The van der Waals surface area contributed by atoms with E-state index in [0.717, 1.165) is 44.1 Å². The maximum absolute atomic E-state index is 13.1. The van der Waals surface area contributed by atoms with Crippen LogP contribution in [0, 0.1) is 5.82 Å². The van der Waals surface area contributed by atoms with E-state index in [2.05, 4.69) is 26.8 Å². The van der Waals surface area contributed by atoms with E-state index in [4.69, 9.17) is 0 Å². The van der Waals surface area contributed by atoms with Crippen LogP contribution >= 0.6 is 0 Å². The minimum Gasteiger partial charge on any atom is -0.359 e. The Bertz CT molecular complexity index is 1040. The zero-order chi connectivity index (χ0) is 18.3. The predicted octanol–water partition coefficient (Wildman–Crippen LogP) is 2.29. The average Bonchev–Trinajstić information content (AvgIpc) is 3.06. The van der Waals surface area contributed by atoms with Crippen molar-refractivity contribution in [3.05, 3.63) is 48.4 Å². The summed E-state index contributed by atoms with van der Waals surface area (Å²) in [4.78, 5) is 12.1. The molecule has 26 heavy (non-hydrogen) atoms. The third-order valence-electron chi connectivity index (χ3n) is 4.71. The van der Waals surface area contributed by atoms with Gasteiger partial charge in [-0.25, -0.2) is 17.8 Å². The molecule has 1 aliphatic rings. The van der Waals surface area contributed by atoms with Crippen LogP contribution in [0.4, 0.5) is 10.2 Å². The molecule has 4 rings (SSSR count). The first-order valence-electron chi connectivity index (χ1n) is 8.37. The maximum Gasteiger partial charge on any atom is 0.210 e. The molecule has 1 saturated heterocycles. The Morgan fingerprint density at radius 2 is 1.73 bits per heavy atom. The summed E-state index contributed by atoms with van der Waals surface area (Å²) < 4.78 is 39.0. The number of hydrogen-bond donors (Lipinski definition) is 1. The van der Waals surface area contributed by atoms with E-state index in [1.807, 2.05) is 12.1 Å². The van der Waals surface area contributed by atoms with Crippen LogP contribution in [0.3, 0.4) is 0 Å². The number of piperazine rings is 1. The van der Waals surface area contributed by atoms with Gasteiger partial charge < -0.3 is 14.8 Å². The summed E-state index contributed by atoms with van der Waals surface area (Å²) in [6.45, 7) is 3.57. The van der Waals surface area contributed by atoms with Gasteiger partial charge in [-0.2, -0.15) is 0 Å². The summed E-state index contributed by atoms with van der Waals surface area (Å²) in [6.07, 6.45) is 1.45. The van der Waals surface area contributed by atoms with Crippen molar-refractivity contribution in [2.75, 3.05) is 38.1 Å².